The fourth-order valence-corrected chi connectivity index (χ4v) is 4.51. The number of anilines is 1. The summed E-state index contributed by atoms with van der Waals surface area (Å²) in [4.78, 5) is 19.7. The highest BCUT2D eigenvalue weighted by Gasteiger charge is 2.37. The van der Waals surface area contributed by atoms with Crippen LogP contribution in [0.1, 0.15) is 29.2 Å². The van der Waals surface area contributed by atoms with Gasteiger partial charge in [-0.25, -0.2) is 4.79 Å². The topological polar surface area (TPSA) is 74.0 Å². The van der Waals surface area contributed by atoms with Crippen molar-refractivity contribution in [2.24, 2.45) is 0 Å². The normalized spacial score (nSPS) is 15.1. The van der Waals surface area contributed by atoms with E-state index in [1.807, 2.05) is 72.5 Å². The van der Waals surface area contributed by atoms with Crippen LogP contribution in [0.25, 0.3) is 11.1 Å². The van der Waals surface area contributed by atoms with Crippen LogP contribution in [0, 0.1) is 6.92 Å². The molecular formula is C28H28N2O5. The van der Waals surface area contributed by atoms with Gasteiger partial charge in [0.15, 0.2) is 17.1 Å². The first-order valence-corrected chi connectivity index (χ1v) is 11.7. The fraction of sp³-hybridized carbons (Fsp3) is 0.286. The molecule has 1 aliphatic heterocycles. The number of nitrogens with zero attached hydrogens (tertiary/aromatic N) is 2. The molecular weight excluding hydrogens is 444 g/mol. The standard InChI is InChI=1S/C28H28N2O5/c1-4-33-27(31)23-15-21-20(16-30(23)28-29-22-12-8-9-18(2)25(22)35-28)13-14-24(32-3)26(21)34-17-19-10-6-5-7-11-19/h5-14,23H,4,15-17H2,1-3H3. The van der Waals surface area contributed by atoms with Gasteiger partial charge in [-0.15, -0.1) is 0 Å². The van der Waals surface area contributed by atoms with Gasteiger partial charge in [0, 0.05) is 18.5 Å². The summed E-state index contributed by atoms with van der Waals surface area (Å²) in [5.74, 6) is 0.957. The molecule has 35 heavy (non-hydrogen) atoms. The SMILES string of the molecule is CCOC(=O)C1Cc2c(ccc(OC)c2OCc2ccccc2)CN1c1nc2cccc(C)c2o1. The Kier molecular flexibility index (Phi) is 6.31. The Hall–Kier alpha value is -4.00. The van der Waals surface area contributed by atoms with Gasteiger partial charge in [0.1, 0.15) is 18.2 Å². The number of esters is 1. The van der Waals surface area contributed by atoms with Crippen molar-refractivity contribution in [2.75, 3.05) is 18.6 Å². The van der Waals surface area contributed by atoms with Crippen molar-refractivity contribution in [3.8, 4) is 11.5 Å². The summed E-state index contributed by atoms with van der Waals surface area (Å²) in [7, 11) is 1.62. The lowest BCUT2D eigenvalue weighted by Gasteiger charge is -2.35. The van der Waals surface area contributed by atoms with E-state index in [0.29, 0.717) is 37.1 Å². The number of aryl methyl sites for hydroxylation is 1. The van der Waals surface area contributed by atoms with Crippen LogP contribution >= 0.6 is 0 Å². The summed E-state index contributed by atoms with van der Waals surface area (Å²) in [6.45, 7) is 4.90. The quantitative estimate of drug-likeness (QED) is 0.342. The molecule has 2 heterocycles. The second-order valence-electron chi connectivity index (χ2n) is 8.53. The number of aromatic nitrogens is 1. The number of benzene rings is 3. The molecule has 3 aromatic carbocycles. The predicted molar refractivity (Wildman–Crippen MR) is 133 cm³/mol. The van der Waals surface area contributed by atoms with Crippen LogP contribution in [0.2, 0.25) is 0 Å². The summed E-state index contributed by atoms with van der Waals surface area (Å²) >= 11 is 0. The summed E-state index contributed by atoms with van der Waals surface area (Å²) in [6.07, 6.45) is 0.382. The van der Waals surface area contributed by atoms with E-state index in [4.69, 9.17) is 23.6 Å². The predicted octanol–water partition coefficient (Wildman–Crippen LogP) is 5.22. The number of fused-ring (bicyclic) bond motifs is 2. The molecule has 7 nitrogen and oxygen atoms in total. The molecule has 5 rings (SSSR count). The lowest BCUT2D eigenvalue weighted by molar-refractivity contribution is -0.145. The van der Waals surface area contributed by atoms with E-state index in [9.17, 15) is 4.79 Å². The van der Waals surface area contributed by atoms with Crippen LogP contribution in [-0.4, -0.2) is 30.7 Å². The number of carbonyl (C=O) groups is 1. The van der Waals surface area contributed by atoms with Crippen LogP contribution in [0.15, 0.2) is 65.1 Å². The van der Waals surface area contributed by atoms with Gasteiger partial charge in [0.05, 0.1) is 13.7 Å². The minimum Gasteiger partial charge on any atom is -0.493 e. The molecule has 1 atom stereocenters. The first-order valence-electron chi connectivity index (χ1n) is 11.7. The van der Waals surface area contributed by atoms with Gasteiger partial charge in [-0.3, -0.25) is 0 Å². The highest BCUT2D eigenvalue weighted by molar-refractivity contribution is 5.83. The zero-order valence-electron chi connectivity index (χ0n) is 20.1. The molecule has 0 saturated carbocycles. The number of hydrogen-bond acceptors (Lipinski definition) is 7. The Morgan fingerprint density at radius 1 is 1.11 bits per heavy atom. The fourth-order valence-electron chi connectivity index (χ4n) is 4.51. The Labute approximate surface area is 204 Å². The van der Waals surface area contributed by atoms with Gasteiger partial charge in [0.2, 0.25) is 0 Å². The highest BCUT2D eigenvalue weighted by atomic mass is 16.5. The van der Waals surface area contributed by atoms with E-state index in [0.717, 1.165) is 33.4 Å². The lowest BCUT2D eigenvalue weighted by atomic mass is 9.92. The van der Waals surface area contributed by atoms with Crippen LogP contribution in [-0.2, 0) is 29.1 Å². The summed E-state index contributed by atoms with van der Waals surface area (Å²) < 4.78 is 23.5. The maximum atomic E-state index is 13.1. The Morgan fingerprint density at radius 3 is 2.69 bits per heavy atom. The third-order valence-electron chi connectivity index (χ3n) is 6.29. The average molecular weight is 473 g/mol. The largest absolute Gasteiger partial charge is 0.493 e. The van der Waals surface area contributed by atoms with Crippen molar-refractivity contribution in [1.29, 1.82) is 0 Å². The monoisotopic (exact) mass is 472 g/mol. The molecule has 1 unspecified atom stereocenters. The molecule has 0 amide bonds. The number of oxazole rings is 1. The van der Waals surface area contributed by atoms with Crippen LogP contribution in [0.4, 0.5) is 6.01 Å². The molecule has 1 aliphatic rings. The van der Waals surface area contributed by atoms with Crippen molar-refractivity contribution in [2.45, 2.75) is 39.5 Å². The molecule has 0 fully saturated rings. The molecule has 4 aromatic rings. The van der Waals surface area contributed by atoms with Crippen LogP contribution in [0.3, 0.4) is 0 Å². The molecule has 7 heteroatoms. The van der Waals surface area contributed by atoms with E-state index in [1.165, 1.54) is 0 Å². The van der Waals surface area contributed by atoms with Crippen LogP contribution < -0.4 is 14.4 Å². The van der Waals surface area contributed by atoms with Gasteiger partial charge in [0.25, 0.3) is 6.01 Å². The lowest BCUT2D eigenvalue weighted by Crippen LogP contribution is -2.47. The minimum atomic E-state index is -0.609. The van der Waals surface area contributed by atoms with E-state index in [2.05, 4.69) is 0 Å². The number of ether oxygens (including phenoxy) is 3. The van der Waals surface area contributed by atoms with Gasteiger partial charge < -0.3 is 23.5 Å². The first kappa shape index (κ1) is 22.8. The zero-order chi connectivity index (χ0) is 24.4. The molecule has 0 aliphatic carbocycles. The Morgan fingerprint density at radius 2 is 1.94 bits per heavy atom. The molecule has 1 aromatic heterocycles. The zero-order valence-corrected chi connectivity index (χ0v) is 20.1. The number of methoxy groups -OCH3 is 1. The van der Waals surface area contributed by atoms with E-state index < -0.39 is 6.04 Å². The van der Waals surface area contributed by atoms with Gasteiger partial charge in [-0.05, 0) is 42.7 Å². The van der Waals surface area contributed by atoms with Crippen LogP contribution in [0.5, 0.6) is 11.5 Å². The molecule has 0 radical (unpaired) electrons. The maximum Gasteiger partial charge on any atom is 0.329 e. The molecule has 0 spiro atoms. The average Bonchev–Trinajstić information content (AvgIpc) is 3.33. The highest BCUT2D eigenvalue weighted by Crippen LogP contribution is 2.40. The van der Waals surface area contributed by atoms with Crippen molar-refractivity contribution in [3.63, 3.8) is 0 Å². The number of rotatable bonds is 7. The molecule has 0 bridgehead atoms. The summed E-state index contributed by atoms with van der Waals surface area (Å²) in [5.41, 5.74) is 5.48. The van der Waals surface area contributed by atoms with Crippen molar-refractivity contribution >= 4 is 23.1 Å². The second-order valence-corrected chi connectivity index (χ2v) is 8.53. The molecule has 0 N–H and O–H groups in total. The first-order chi connectivity index (χ1) is 17.1. The molecule has 180 valence electrons. The smallest absolute Gasteiger partial charge is 0.329 e. The minimum absolute atomic E-state index is 0.290. The van der Waals surface area contributed by atoms with E-state index >= 15 is 0 Å². The number of carbonyl (C=O) groups excluding carboxylic acids is 1. The van der Waals surface area contributed by atoms with Crippen molar-refractivity contribution in [1.82, 2.24) is 4.98 Å². The third-order valence-corrected chi connectivity index (χ3v) is 6.29. The second kappa shape index (κ2) is 9.70. The summed E-state index contributed by atoms with van der Waals surface area (Å²) in [5, 5.41) is 0. The number of hydrogen-bond donors (Lipinski definition) is 0. The van der Waals surface area contributed by atoms with Crippen molar-refractivity contribution in [3.05, 3.63) is 82.9 Å². The van der Waals surface area contributed by atoms with Gasteiger partial charge >= 0.3 is 5.97 Å². The van der Waals surface area contributed by atoms with Gasteiger partial charge in [-0.2, -0.15) is 4.98 Å². The Bertz CT molecular complexity index is 1350. The number of para-hydroxylation sites is 1. The summed E-state index contributed by atoms with van der Waals surface area (Å²) in [6, 6.07) is 19.5. The molecule has 0 saturated heterocycles. The third kappa shape index (κ3) is 4.41. The van der Waals surface area contributed by atoms with E-state index in [-0.39, 0.29) is 12.6 Å². The van der Waals surface area contributed by atoms with Gasteiger partial charge in [-0.1, -0.05) is 48.5 Å². The van der Waals surface area contributed by atoms with Crippen molar-refractivity contribution < 1.29 is 23.4 Å². The Balaban J connectivity index is 1.54. The van der Waals surface area contributed by atoms with E-state index in [1.54, 1.807) is 14.0 Å². The maximum absolute atomic E-state index is 13.1.